The number of phosphoric ester groups is 1. The van der Waals surface area contributed by atoms with Gasteiger partial charge in [-0.1, -0.05) is 56.9 Å². The molecule has 6 nitrogen and oxygen atoms in total. The summed E-state index contributed by atoms with van der Waals surface area (Å²) in [6.45, 7) is 10.1. The van der Waals surface area contributed by atoms with Crippen molar-refractivity contribution >= 4 is 13.8 Å². The smallest absolute Gasteiger partial charge is 0.463 e. The number of carbonyl (C=O) groups is 1. The zero-order chi connectivity index (χ0) is 23.1. The van der Waals surface area contributed by atoms with Gasteiger partial charge in [-0.05, 0) is 73.1 Å². The number of carbonyl (C=O) groups excluding carboxylic acids is 1. The van der Waals surface area contributed by atoms with Crippen LogP contribution in [-0.4, -0.2) is 30.7 Å². The fourth-order valence-electron chi connectivity index (χ4n) is 2.06. The number of hydrogen-bond acceptors (Lipinski definition) is 5. The van der Waals surface area contributed by atoms with Crippen LogP contribution < -0.4 is 0 Å². The van der Waals surface area contributed by atoms with Crippen LogP contribution in [-0.2, 0) is 23.1 Å². The van der Waals surface area contributed by atoms with Crippen LogP contribution in [0.4, 0.5) is 0 Å². The van der Waals surface area contributed by atoms with Crippen LogP contribution in [0.3, 0.4) is 0 Å². The van der Waals surface area contributed by atoms with Crippen LogP contribution in [0.1, 0.15) is 88.0 Å². The van der Waals surface area contributed by atoms with Crippen LogP contribution in [0.2, 0.25) is 0 Å². The minimum Gasteiger partial charge on any atom is -0.463 e. The molecule has 0 saturated heterocycles. The van der Waals surface area contributed by atoms with Gasteiger partial charge in [0.25, 0.3) is 0 Å². The standard InChI is InChI=1S/C19H30O2.C4H11O4P.2CH4/c1-4-21-19(20)17-15-13-11-9-7-5-6-8-10-12-14-16-18(2)3;1-3-7-9(5,6)8-4-2;;/h7-10,15-17H,4-6,11-14H2,1-3H3;3-4H2,1-2H3,(H,5,6);2*1H4/b9-7+,10-8+,17-15+;;;. The molecule has 0 aromatic rings. The zero-order valence-corrected chi connectivity index (χ0v) is 20.2. The first-order chi connectivity index (χ1) is 14.3. The Morgan fingerprint density at radius 1 is 0.750 bits per heavy atom. The van der Waals surface area contributed by atoms with E-state index in [-0.39, 0.29) is 34.0 Å². The van der Waals surface area contributed by atoms with E-state index in [9.17, 15) is 9.36 Å². The molecule has 0 radical (unpaired) electrons. The van der Waals surface area contributed by atoms with Gasteiger partial charge in [0.1, 0.15) is 0 Å². The molecule has 1 N–H and O–H groups in total. The molecule has 0 bridgehead atoms. The summed E-state index contributed by atoms with van der Waals surface area (Å²) >= 11 is 0. The van der Waals surface area contributed by atoms with Crippen molar-refractivity contribution in [1.29, 1.82) is 0 Å². The van der Waals surface area contributed by atoms with Crippen molar-refractivity contribution in [2.24, 2.45) is 0 Å². The maximum Gasteiger partial charge on any atom is 0.472 e. The molecule has 0 aliphatic carbocycles. The Morgan fingerprint density at radius 2 is 1.16 bits per heavy atom. The van der Waals surface area contributed by atoms with Gasteiger partial charge in [-0.3, -0.25) is 9.05 Å². The average molecular weight is 477 g/mol. The predicted molar refractivity (Wildman–Crippen MR) is 138 cm³/mol. The quantitative estimate of drug-likeness (QED) is 0.0849. The Bertz CT molecular complexity index is 565. The molecule has 0 aromatic heterocycles. The second-order valence-electron chi connectivity index (χ2n) is 6.41. The predicted octanol–water partition coefficient (Wildman–Crippen LogP) is 7.96. The summed E-state index contributed by atoms with van der Waals surface area (Å²) in [4.78, 5) is 19.6. The molecule has 0 fully saturated rings. The molecule has 0 heterocycles. The number of allylic oxidation sites excluding steroid dienone is 7. The molecule has 32 heavy (non-hydrogen) atoms. The molecule has 190 valence electrons. The van der Waals surface area contributed by atoms with Gasteiger partial charge in [-0.2, -0.15) is 0 Å². The van der Waals surface area contributed by atoms with E-state index in [1.165, 1.54) is 11.6 Å². The van der Waals surface area contributed by atoms with Crippen molar-refractivity contribution in [1.82, 2.24) is 0 Å². The van der Waals surface area contributed by atoms with Crippen LogP contribution in [0.25, 0.3) is 0 Å². The van der Waals surface area contributed by atoms with Crippen molar-refractivity contribution in [3.63, 3.8) is 0 Å². The largest absolute Gasteiger partial charge is 0.472 e. The van der Waals surface area contributed by atoms with Crippen molar-refractivity contribution in [3.05, 3.63) is 48.1 Å². The monoisotopic (exact) mass is 476 g/mol. The van der Waals surface area contributed by atoms with Gasteiger partial charge in [0, 0.05) is 6.08 Å². The second kappa shape index (κ2) is 27.6. The van der Waals surface area contributed by atoms with Crippen molar-refractivity contribution in [2.75, 3.05) is 19.8 Å². The lowest BCUT2D eigenvalue weighted by atomic mass is 10.2. The Labute approximate surface area is 198 Å². The van der Waals surface area contributed by atoms with Crippen LogP contribution in [0.5, 0.6) is 0 Å². The fourth-order valence-corrected chi connectivity index (χ4v) is 2.79. The highest BCUT2D eigenvalue weighted by molar-refractivity contribution is 7.47. The first-order valence-electron chi connectivity index (χ1n) is 10.7. The third-order valence-corrected chi connectivity index (χ3v) is 4.51. The van der Waals surface area contributed by atoms with E-state index >= 15 is 0 Å². The highest BCUT2D eigenvalue weighted by Gasteiger charge is 2.17. The topological polar surface area (TPSA) is 82.1 Å². The highest BCUT2D eigenvalue weighted by Crippen LogP contribution is 2.42. The van der Waals surface area contributed by atoms with E-state index in [4.69, 9.17) is 9.63 Å². The van der Waals surface area contributed by atoms with E-state index in [1.54, 1.807) is 13.8 Å². The van der Waals surface area contributed by atoms with Gasteiger partial charge in [-0.15, -0.1) is 0 Å². The lowest BCUT2D eigenvalue weighted by Gasteiger charge is -2.07. The zero-order valence-electron chi connectivity index (χ0n) is 19.3. The SMILES string of the molecule is C.C.CCOC(=O)/C=C/CC/C=C/CC/C=C/CCC=C(C)C.CCOP(=O)(O)OCC. The van der Waals surface area contributed by atoms with E-state index in [0.29, 0.717) is 6.61 Å². The number of ether oxygens (including phenoxy) is 1. The number of esters is 1. The summed E-state index contributed by atoms with van der Waals surface area (Å²) in [6, 6.07) is 0. The van der Waals surface area contributed by atoms with Gasteiger partial charge in [0.05, 0.1) is 19.8 Å². The van der Waals surface area contributed by atoms with E-state index in [0.717, 1.165) is 38.5 Å². The Morgan fingerprint density at radius 3 is 1.53 bits per heavy atom. The highest BCUT2D eigenvalue weighted by atomic mass is 31.2. The number of unbranched alkanes of at least 4 members (excludes halogenated alkanes) is 3. The molecule has 0 aliphatic heterocycles. The average Bonchev–Trinajstić information content (AvgIpc) is 2.66. The molecule has 0 rings (SSSR count). The van der Waals surface area contributed by atoms with E-state index in [1.807, 2.05) is 13.0 Å². The number of rotatable bonds is 15. The lowest BCUT2D eigenvalue weighted by Crippen LogP contribution is -1.98. The minimum atomic E-state index is -3.69. The first-order valence-corrected chi connectivity index (χ1v) is 12.2. The molecule has 0 unspecified atom stereocenters. The summed E-state index contributed by atoms with van der Waals surface area (Å²) in [5.41, 5.74) is 1.39. The van der Waals surface area contributed by atoms with Crippen LogP contribution in [0, 0.1) is 0 Å². The molecule has 0 saturated carbocycles. The summed E-state index contributed by atoms with van der Waals surface area (Å²) in [7, 11) is -3.69. The molecular weight excluding hydrogens is 427 g/mol. The molecule has 0 atom stereocenters. The molecule has 0 amide bonds. The summed E-state index contributed by atoms with van der Waals surface area (Å²) in [5.74, 6) is -0.250. The fraction of sp³-hybridized carbons (Fsp3) is 0.640. The van der Waals surface area contributed by atoms with E-state index < -0.39 is 7.82 Å². The Kier molecular flexibility index (Phi) is 32.6. The van der Waals surface area contributed by atoms with Gasteiger partial charge in [0.2, 0.25) is 0 Å². The van der Waals surface area contributed by atoms with Gasteiger partial charge < -0.3 is 9.63 Å². The number of phosphoric acid groups is 1. The summed E-state index contributed by atoms with van der Waals surface area (Å²) in [5, 5.41) is 0. The van der Waals surface area contributed by atoms with Crippen molar-refractivity contribution in [3.8, 4) is 0 Å². The third kappa shape index (κ3) is 33.2. The molecule has 7 heteroatoms. The van der Waals surface area contributed by atoms with Crippen LogP contribution in [0.15, 0.2) is 48.1 Å². The minimum absolute atomic E-state index is 0. The third-order valence-electron chi connectivity index (χ3n) is 3.34. The Balaban J connectivity index is -0.000000303. The van der Waals surface area contributed by atoms with Crippen LogP contribution >= 0.6 is 7.82 Å². The molecular formula is C25H49O6P. The summed E-state index contributed by atoms with van der Waals surface area (Å²) < 4.78 is 24.0. The maximum atomic E-state index is 11.0. The van der Waals surface area contributed by atoms with Gasteiger partial charge in [-0.25, -0.2) is 9.36 Å². The molecule has 0 aromatic carbocycles. The van der Waals surface area contributed by atoms with E-state index in [2.05, 4.69) is 53.3 Å². The maximum absolute atomic E-state index is 11.0. The first kappa shape index (κ1) is 37.8. The Hall–Kier alpha value is -1.46. The molecule has 0 aliphatic rings. The van der Waals surface area contributed by atoms with Crippen molar-refractivity contribution < 1.29 is 28.0 Å². The van der Waals surface area contributed by atoms with Gasteiger partial charge in [0.15, 0.2) is 0 Å². The number of hydrogen-bond donors (Lipinski definition) is 1. The van der Waals surface area contributed by atoms with Crippen molar-refractivity contribution in [2.45, 2.75) is 88.0 Å². The summed E-state index contributed by atoms with van der Waals surface area (Å²) in [6.07, 6.45) is 20.9. The second-order valence-corrected chi connectivity index (χ2v) is 7.87. The van der Waals surface area contributed by atoms with Gasteiger partial charge >= 0.3 is 13.8 Å². The lowest BCUT2D eigenvalue weighted by molar-refractivity contribution is -0.137. The normalized spacial score (nSPS) is 10.9. The molecule has 0 spiro atoms.